The van der Waals surface area contributed by atoms with E-state index in [1.807, 2.05) is 48.9 Å². The minimum absolute atomic E-state index is 0.0119. The zero-order chi connectivity index (χ0) is 21.1. The molecule has 0 aliphatic carbocycles. The molecule has 0 radical (unpaired) electrons. The van der Waals surface area contributed by atoms with Crippen molar-refractivity contribution in [1.29, 1.82) is 0 Å². The van der Waals surface area contributed by atoms with E-state index in [4.69, 9.17) is 0 Å². The van der Waals surface area contributed by atoms with Crippen LogP contribution in [-0.2, 0) is 19.7 Å². The van der Waals surface area contributed by atoms with Gasteiger partial charge in [-0.1, -0.05) is 38.8 Å². The van der Waals surface area contributed by atoms with E-state index in [0.717, 1.165) is 22.6 Å². The van der Waals surface area contributed by atoms with Crippen molar-refractivity contribution < 1.29 is 16.8 Å². The lowest BCUT2D eigenvalue weighted by Crippen LogP contribution is -2.14. The van der Waals surface area contributed by atoms with Crippen molar-refractivity contribution in [3.8, 4) is 19.5 Å². The summed E-state index contributed by atoms with van der Waals surface area (Å²) in [6.45, 7) is 3.86. The lowest BCUT2D eigenvalue weighted by Gasteiger charge is -2.10. The average Bonchev–Trinajstić information content (AvgIpc) is 3.43. The molecule has 0 fully saturated rings. The van der Waals surface area contributed by atoms with Crippen LogP contribution in [0.3, 0.4) is 0 Å². The first-order valence-electron chi connectivity index (χ1n) is 9.52. The Labute approximate surface area is 185 Å². The lowest BCUT2D eigenvalue weighted by atomic mass is 10.3. The predicted molar refractivity (Wildman–Crippen MR) is 125 cm³/mol. The van der Waals surface area contributed by atoms with Crippen molar-refractivity contribution in [3.63, 3.8) is 0 Å². The summed E-state index contributed by atoms with van der Waals surface area (Å²) < 4.78 is 53.5. The maximum atomic E-state index is 13.4. The maximum Gasteiger partial charge on any atom is 0.181 e. The number of hydrogen-bond donors (Lipinski definition) is 0. The Hall–Kier alpha value is -1.00. The van der Waals surface area contributed by atoms with Crippen LogP contribution in [0, 0.1) is 0 Å². The summed E-state index contributed by atoms with van der Waals surface area (Å²) in [4.78, 5) is 2.71. The minimum atomic E-state index is -3.75. The molecule has 29 heavy (non-hydrogen) atoms. The molecule has 0 atom stereocenters. The summed E-state index contributed by atoms with van der Waals surface area (Å²) >= 11 is 4.15. The van der Waals surface area contributed by atoms with Gasteiger partial charge in [-0.3, -0.25) is 0 Å². The molecule has 0 bridgehead atoms. The van der Waals surface area contributed by atoms with Gasteiger partial charge in [0.2, 0.25) is 0 Å². The zero-order valence-electron chi connectivity index (χ0n) is 16.4. The minimum Gasteiger partial charge on any atom is -0.224 e. The molecule has 3 heterocycles. The largest absolute Gasteiger partial charge is 0.224 e. The van der Waals surface area contributed by atoms with Gasteiger partial charge in [0.05, 0.1) is 21.3 Å². The smallest absolute Gasteiger partial charge is 0.181 e. The normalized spacial score (nSPS) is 12.5. The van der Waals surface area contributed by atoms with Crippen LogP contribution >= 0.6 is 34.0 Å². The van der Waals surface area contributed by atoms with Gasteiger partial charge in [-0.25, -0.2) is 16.8 Å². The molecule has 0 saturated heterocycles. The molecular formula is C20H24O4S5. The third kappa shape index (κ3) is 4.85. The van der Waals surface area contributed by atoms with Crippen molar-refractivity contribution in [2.75, 3.05) is 11.5 Å². The van der Waals surface area contributed by atoms with Gasteiger partial charge in [-0.2, -0.15) is 0 Å². The molecule has 0 spiro atoms. The van der Waals surface area contributed by atoms with E-state index in [2.05, 4.69) is 0 Å². The number of hydrogen-bond acceptors (Lipinski definition) is 7. The second-order valence-corrected chi connectivity index (χ2v) is 13.7. The number of rotatable bonds is 10. The molecule has 0 unspecified atom stereocenters. The molecule has 0 N–H and O–H groups in total. The maximum absolute atomic E-state index is 13.4. The quantitative estimate of drug-likeness (QED) is 0.333. The highest BCUT2D eigenvalue weighted by Crippen LogP contribution is 2.49. The van der Waals surface area contributed by atoms with E-state index in [-0.39, 0.29) is 21.3 Å². The standard InChI is InChI=1S/C20H24O4S5/c1-3-5-13-28(21,22)19-17(15-9-7-11-25-15)27-18(16-10-8-12-26-16)20(19)29(23,24)14-6-4-2/h7-12H,3-6,13-14H2,1-2H3. The average molecular weight is 489 g/mol. The predicted octanol–water partition coefficient (Wildman–Crippen LogP) is 6.35. The summed E-state index contributed by atoms with van der Waals surface area (Å²) in [6, 6.07) is 7.43. The molecule has 0 aromatic carbocycles. The molecule has 3 aromatic rings. The summed E-state index contributed by atoms with van der Waals surface area (Å²) in [5.74, 6) is -0.0857. The van der Waals surface area contributed by atoms with Crippen LogP contribution < -0.4 is 0 Å². The van der Waals surface area contributed by atoms with Crippen LogP contribution in [0.5, 0.6) is 0 Å². The highest BCUT2D eigenvalue weighted by atomic mass is 32.2. The van der Waals surface area contributed by atoms with Gasteiger partial charge >= 0.3 is 0 Å². The Kier molecular flexibility index (Phi) is 7.37. The Morgan fingerprint density at radius 1 is 0.724 bits per heavy atom. The Bertz CT molecular complexity index is 1050. The fourth-order valence-corrected chi connectivity index (χ4v) is 11.1. The van der Waals surface area contributed by atoms with Crippen molar-refractivity contribution in [2.45, 2.75) is 49.3 Å². The molecule has 3 rings (SSSR count). The summed E-state index contributed by atoms with van der Waals surface area (Å²) in [5.41, 5.74) is 0. The Balaban J connectivity index is 2.36. The van der Waals surface area contributed by atoms with Crippen molar-refractivity contribution >= 4 is 53.7 Å². The zero-order valence-corrected chi connectivity index (χ0v) is 20.5. The Morgan fingerprint density at radius 2 is 1.14 bits per heavy atom. The second-order valence-electron chi connectivity index (χ2n) is 6.72. The van der Waals surface area contributed by atoms with E-state index >= 15 is 0 Å². The molecule has 4 nitrogen and oxygen atoms in total. The molecule has 0 saturated carbocycles. The summed E-state index contributed by atoms with van der Waals surface area (Å²) in [6.07, 6.45) is 2.47. The van der Waals surface area contributed by atoms with Crippen molar-refractivity contribution in [2.24, 2.45) is 0 Å². The van der Waals surface area contributed by atoms with E-state index in [0.29, 0.717) is 22.6 Å². The highest BCUT2D eigenvalue weighted by molar-refractivity contribution is 7.95. The van der Waals surface area contributed by atoms with Gasteiger partial charge in [-0.15, -0.1) is 34.0 Å². The van der Waals surface area contributed by atoms with Gasteiger partial charge in [0, 0.05) is 9.75 Å². The SMILES string of the molecule is CCCCS(=O)(=O)c1c(-c2cccs2)sc(-c2cccs2)c1S(=O)(=O)CCCC. The Morgan fingerprint density at radius 3 is 1.45 bits per heavy atom. The third-order valence-electron chi connectivity index (χ3n) is 4.47. The molecule has 0 aliphatic heterocycles. The fourth-order valence-electron chi connectivity index (χ4n) is 2.98. The van der Waals surface area contributed by atoms with Crippen LogP contribution in [0.1, 0.15) is 39.5 Å². The highest BCUT2D eigenvalue weighted by Gasteiger charge is 2.36. The van der Waals surface area contributed by atoms with Crippen LogP contribution in [0.4, 0.5) is 0 Å². The van der Waals surface area contributed by atoms with Crippen molar-refractivity contribution in [3.05, 3.63) is 35.0 Å². The molecule has 0 aliphatic rings. The van der Waals surface area contributed by atoms with Gasteiger partial charge in [0.15, 0.2) is 19.7 Å². The first kappa shape index (κ1) is 22.7. The van der Waals surface area contributed by atoms with Gasteiger partial charge in [0.25, 0.3) is 0 Å². The van der Waals surface area contributed by atoms with Crippen LogP contribution in [-0.4, -0.2) is 28.3 Å². The first-order valence-corrected chi connectivity index (χ1v) is 15.4. The van der Waals surface area contributed by atoms with Crippen LogP contribution in [0.15, 0.2) is 44.8 Å². The molecule has 9 heteroatoms. The topological polar surface area (TPSA) is 68.3 Å². The van der Waals surface area contributed by atoms with Crippen molar-refractivity contribution in [1.82, 2.24) is 0 Å². The van der Waals surface area contributed by atoms with Crippen LogP contribution in [0.2, 0.25) is 0 Å². The van der Waals surface area contributed by atoms with E-state index in [9.17, 15) is 16.8 Å². The fraction of sp³-hybridized carbons (Fsp3) is 0.400. The monoisotopic (exact) mass is 488 g/mol. The number of sulfone groups is 2. The van der Waals surface area contributed by atoms with Gasteiger partial charge in [0.1, 0.15) is 9.79 Å². The molecule has 158 valence electrons. The molecule has 3 aromatic heterocycles. The number of thiophene rings is 3. The van der Waals surface area contributed by atoms with E-state index in [1.165, 1.54) is 34.0 Å². The van der Waals surface area contributed by atoms with Gasteiger partial charge in [-0.05, 0) is 35.7 Å². The molecular weight excluding hydrogens is 465 g/mol. The second kappa shape index (κ2) is 9.43. The summed E-state index contributed by atoms with van der Waals surface area (Å²) in [7, 11) is -7.49. The van der Waals surface area contributed by atoms with E-state index < -0.39 is 19.7 Å². The third-order valence-corrected chi connectivity index (χ3v) is 11.9. The molecule has 0 amide bonds. The van der Waals surface area contributed by atoms with Crippen LogP contribution in [0.25, 0.3) is 19.5 Å². The number of unbranched alkanes of at least 4 members (excludes halogenated alkanes) is 2. The first-order chi connectivity index (χ1) is 13.8. The summed E-state index contributed by atoms with van der Waals surface area (Å²) in [5, 5.41) is 3.77. The van der Waals surface area contributed by atoms with E-state index in [1.54, 1.807) is 0 Å². The van der Waals surface area contributed by atoms with Gasteiger partial charge < -0.3 is 0 Å². The lowest BCUT2D eigenvalue weighted by molar-refractivity contribution is 0.581.